The van der Waals surface area contributed by atoms with E-state index in [0.29, 0.717) is 41.0 Å². The minimum atomic E-state index is -0.231. The topological polar surface area (TPSA) is 58.2 Å². The molecule has 0 radical (unpaired) electrons. The Hall–Kier alpha value is -1.26. The number of carbonyl (C=O) groups excluding carboxylic acids is 2. The van der Waals surface area contributed by atoms with E-state index in [9.17, 15) is 9.59 Å². The van der Waals surface area contributed by atoms with Crippen LogP contribution in [0.3, 0.4) is 0 Å². The van der Waals surface area contributed by atoms with Crippen LogP contribution in [0, 0.1) is 5.92 Å². The highest BCUT2D eigenvalue weighted by Gasteiger charge is 2.10. The molecule has 0 saturated carbocycles. The van der Waals surface area contributed by atoms with Crippen molar-refractivity contribution in [3.63, 3.8) is 0 Å². The lowest BCUT2D eigenvalue weighted by atomic mass is 10.2. The smallest absolute Gasteiger partial charge is 0.252 e. The second-order valence-corrected chi connectivity index (χ2v) is 6.38. The molecule has 0 spiro atoms. The van der Waals surface area contributed by atoms with Crippen molar-refractivity contribution in [2.75, 3.05) is 13.1 Å². The molecule has 0 aromatic heterocycles. The maximum absolute atomic E-state index is 11.9. The normalized spacial score (nSPS) is 10.6. The predicted octanol–water partition coefficient (Wildman–Crippen LogP) is 3.67. The molecule has 0 saturated heterocycles. The summed E-state index contributed by atoms with van der Waals surface area (Å²) in [5, 5.41) is 6.48. The van der Waals surface area contributed by atoms with Gasteiger partial charge in [0.05, 0.1) is 10.6 Å². The first-order chi connectivity index (χ1) is 10.4. The Morgan fingerprint density at radius 1 is 1.14 bits per heavy atom. The zero-order valence-electron chi connectivity index (χ0n) is 12.9. The molecule has 0 fully saturated rings. The largest absolute Gasteiger partial charge is 0.356 e. The Bertz CT molecular complexity index is 519. The summed E-state index contributed by atoms with van der Waals surface area (Å²) in [6.07, 6.45) is 1.95. The van der Waals surface area contributed by atoms with Crippen LogP contribution in [0.15, 0.2) is 18.2 Å². The van der Waals surface area contributed by atoms with Crippen molar-refractivity contribution in [2.45, 2.75) is 33.1 Å². The van der Waals surface area contributed by atoms with E-state index < -0.39 is 0 Å². The summed E-state index contributed by atoms with van der Waals surface area (Å²) in [5.41, 5.74) is 0.403. The number of benzene rings is 1. The van der Waals surface area contributed by atoms with Gasteiger partial charge in [-0.15, -0.1) is 0 Å². The fourth-order valence-corrected chi connectivity index (χ4v) is 2.28. The predicted molar refractivity (Wildman–Crippen MR) is 90.5 cm³/mol. The molecule has 2 amide bonds. The van der Waals surface area contributed by atoms with Gasteiger partial charge in [0, 0.05) is 24.5 Å². The van der Waals surface area contributed by atoms with E-state index in [1.165, 1.54) is 6.07 Å². The van der Waals surface area contributed by atoms with E-state index in [1.807, 2.05) is 0 Å². The van der Waals surface area contributed by atoms with Crippen LogP contribution in [0.5, 0.6) is 0 Å². The van der Waals surface area contributed by atoms with E-state index >= 15 is 0 Å². The van der Waals surface area contributed by atoms with E-state index in [1.54, 1.807) is 12.1 Å². The summed E-state index contributed by atoms with van der Waals surface area (Å²) in [6, 6.07) is 4.76. The molecule has 2 N–H and O–H groups in total. The second-order valence-electron chi connectivity index (χ2n) is 5.54. The number of nitrogens with one attached hydrogen (secondary N) is 2. The third-order valence-corrected chi connectivity index (χ3v) is 3.55. The Morgan fingerprint density at radius 3 is 2.50 bits per heavy atom. The standard InChI is InChI=1S/C16H22Cl2N2O2/c1-11(2)10-20-15(21)5-3-4-8-19-16(22)13-7-6-12(17)9-14(13)18/h6-7,9,11H,3-5,8,10H2,1-2H3,(H,19,22)(H,20,21). The molecular formula is C16H22Cl2N2O2. The van der Waals surface area contributed by atoms with E-state index in [4.69, 9.17) is 23.2 Å². The highest BCUT2D eigenvalue weighted by Crippen LogP contribution is 2.20. The summed E-state index contributed by atoms with van der Waals surface area (Å²) >= 11 is 11.8. The molecule has 4 nitrogen and oxygen atoms in total. The highest BCUT2D eigenvalue weighted by atomic mass is 35.5. The lowest BCUT2D eigenvalue weighted by Crippen LogP contribution is -2.28. The van der Waals surface area contributed by atoms with Crippen molar-refractivity contribution in [1.82, 2.24) is 10.6 Å². The maximum atomic E-state index is 11.9. The Morgan fingerprint density at radius 2 is 1.86 bits per heavy atom. The van der Waals surface area contributed by atoms with Crippen LogP contribution in [0.1, 0.15) is 43.5 Å². The number of hydrogen-bond donors (Lipinski definition) is 2. The summed E-state index contributed by atoms with van der Waals surface area (Å²) in [7, 11) is 0. The molecule has 0 bridgehead atoms. The minimum absolute atomic E-state index is 0.0563. The average molecular weight is 345 g/mol. The van der Waals surface area contributed by atoms with Crippen LogP contribution in [-0.2, 0) is 4.79 Å². The van der Waals surface area contributed by atoms with Gasteiger partial charge in [-0.1, -0.05) is 37.0 Å². The zero-order valence-corrected chi connectivity index (χ0v) is 14.4. The van der Waals surface area contributed by atoms with Crippen LogP contribution in [-0.4, -0.2) is 24.9 Å². The number of unbranched alkanes of at least 4 members (excludes halogenated alkanes) is 1. The summed E-state index contributed by atoms with van der Waals surface area (Å²) in [6.45, 7) is 5.31. The van der Waals surface area contributed by atoms with Crippen LogP contribution < -0.4 is 10.6 Å². The Labute approximate surface area is 141 Å². The van der Waals surface area contributed by atoms with Gasteiger partial charge in [-0.2, -0.15) is 0 Å². The summed E-state index contributed by atoms with van der Waals surface area (Å²) in [5.74, 6) is 0.277. The molecule has 0 atom stereocenters. The molecule has 1 aromatic rings. The molecule has 6 heteroatoms. The van der Waals surface area contributed by atoms with Gasteiger partial charge in [-0.05, 0) is 37.0 Å². The molecule has 0 heterocycles. The molecule has 0 aliphatic carbocycles. The van der Waals surface area contributed by atoms with E-state index in [-0.39, 0.29) is 11.8 Å². The molecule has 0 aliphatic heterocycles. The van der Waals surface area contributed by atoms with Gasteiger partial charge in [-0.3, -0.25) is 9.59 Å². The SMILES string of the molecule is CC(C)CNC(=O)CCCCNC(=O)c1ccc(Cl)cc1Cl. The van der Waals surface area contributed by atoms with Gasteiger partial charge < -0.3 is 10.6 Å². The van der Waals surface area contributed by atoms with Gasteiger partial charge in [0.15, 0.2) is 0 Å². The van der Waals surface area contributed by atoms with Gasteiger partial charge in [-0.25, -0.2) is 0 Å². The van der Waals surface area contributed by atoms with Crippen LogP contribution in [0.2, 0.25) is 10.0 Å². The van der Waals surface area contributed by atoms with Gasteiger partial charge in [0.25, 0.3) is 5.91 Å². The number of halogens is 2. The number of hydrogen-bond acceptors (Lipinski definition) is 2. The molecule has 122 valence electrons. The number of carbonyl (C=O) groups is 2. The van der Waals surface area contributed by atoms with Crippen molar-refractivity contribution < 1.29 is 9.59 Å². The second kappa shape index (κ2) is 9.70. The molecule has 1 aromatic carbocycles. The minimum Gasteiger partial charge on any atom is -0.356 e. The Kier molecular flexibility index (Phi) is 8.28. The van der Waals surface area contributed by atoms with Crippen LogP contribution >= 0.6 is 23.2 Å². The van der Waals surface area contributed by atoms with Gasteiger partial charge >= 0.3 is 0 Å². The monoisotopic (exact) mass is 344 g/mol. The third kappa shape index (κ3) is 7.14. The maximum Gasteiger partial charge on any atom is 0.252 e. The lowest BCUT2D eigenvalue weighted by Gasteiger charge is -2.08. The number of rotatable bonds is 8. The first-order valence-corrected chi connectivity index (χ1v) is 8.15. The zero-order chi connectivity index (χ0) is 16.5. The van der Waals surface area contributed by atoms with Gasteiger partial charge in [0.1, 0.15) is 0 Å². The van der Waals surface area contributed by atoms with Crippen LogP contribution in [0.25, 0.3) is 0 Å². The van der Waals surface area contributed by atoms with Crippen molar-refractivity contribution >= 4 is 35.0 Å². The van der Waals surface area contributed by atoms with Crippen LogP contribution in [0.4, 0.5) is 0 Å². The molecule has 1 rings (SSSR count). The van der Waals surface area contributed by atoms with Crippen molar-refractivity contribution in [2.24, 2.45) is 5.92 Å². The summed E-state index contributed by atoms with van der Waals surface area (Å²) < 4.78 is 0. The quantitative estimate of drug-likeness (QED) is 0.707. The fourth-order valence-electron chi connectivity index (χ4n) is 1.79. The molecular weight excluding hydrogens is 323 g/mol. The molecule has 0 unspecified atom stereocenters. The van der Waals surface area contributed by atoms with Crippen molar-refractivity contribution in [3.05, 3.63) is 33.8 Å². The summed E-state index contributed by atoms with van der Waals surface area (Å²) in [4.78, 5) is 23.4. The first-order valence-electron chi connectivity index (χ1n) is 7.40. The lowest BCUT2D eigenvalue weighted by molar-refractivity contribution is -0.121. The molecule has 22 heavy (non-hydrogen) atoms. The first kappa shape index (κ1) is 18.8. The Balaban J connectivity index is 2.21. The van der Waals surface area contributed by atoms with E-state index in [2.05, 4.69) is 24.5 Å². The fraction of sp³-hybridized carbons (Fsp3) is 0.500. The highest BCUT2D eigenvalue weighted by molar-refractivity contribution is 6.36. The van der Waals surface area contributed by atoms with E-state index in [0.717, 1.165) is 12.8 Å². The average Bonchev–Trinajstić information content (AvgIpc) is 2.44. The third-order valence-electron chi connectivity index (χ3n) is 3.00. The van der Waals surface area contributed by atoms with Crippen molar-refractivity contribution in [1.29, 1.82) is 0 Å². The molecule has 0 aliphatic rings. The van der Waals surface area contributed by atoms with Gasteiger partial charge in [0.2, 0.25) is 5.91 Å². The number of amides is 2. The van der Waals surface area contributed by atoms with Crippen molar-refractivity contribution in [3.8, 4) is 0 Å².